The molecule has 0 fully saturated rings. The number of allylic oxidation sites excluding steroid dienone is 2. The quantitative estimate of drug-likeness (QED) is 0.647. The summed E-state index contributed by atoms with van der Waals surface area (Å²) in [5.41, 5.74) is 0.654. The zero-order chi connectivity index (χ0) is 11.0. The number of benzene rings is 1. The number of hydrogen-bond donors (Lipinski definition) is 0. The molecule has 0 aromatic heterocycles. The van der Waals surface area contributed by atoms with E-state index >= 15 is 0 Å². The van der Waals surface area contributed by atoms with E-state index in [4.69, 9.17) is 0 Å². The van der Waals surface area contributed by atoms with E-state index in [-0.39, 0.29) is 22.9 Å². The van der Waals surface area contributed by atoms with Crippen molar-refractivity contribution in [1.29, 1.82) is 0 Å². The maximum atomic E-state index is 11.8. The van der Waals surface area contributed by atoms with E-state index in [0.29, 0.717) is 11.1 Å². The molecule has 0 aliphatic heterocycles. The zero-order valence-electron chi connectivity index (χ0n) is 8.11. The first kappa shape index (κ1) is 9.52. The Bertz CT molecular complexity index is 509. The molecule has 0 bridgehead atoms. The van der Waals surface area contributed by atoms with Crippen molar-refractivity contribution in [2.24, 2.45) is 0 Å². The molecule has 0 unspecified atom stereocenters. The molecule has 0 N–H and O–H groups in total. The SMILES string of the molecule is CC(=O)C1=CC(=O)c2ccccc2C1=O. The Balaban J connectivity index is 2.64. The molecule has 1 aliphatic carbocycles. The Kier molecular flexibility index (Phi) is 2.08. The molecule has 2 rings (SSSR count). The summed E-state index contributed by atoms with van der Waals surface area (Å²) in [6.07, 6.45) is 1.12. The molecule has 1 aromatic rings. The maximum absolute atomic E-state index is 11.8. The molecule has 0 saturated carbocycles. The Hall–Kier alpha value is -2.03. The first-order chi connectivity index (χ1) is 7.11. The zero-order valence-corrected chi connectivity index (χ0v) is 8.11. The third-order valence-electron chi connectivity index (χ3n) is 2.34. The van der Waals surface area contributed by atoms with Gasteiger partial charge in [0.25, 0.3) is 0 Å². The largest absolute Gasteiger partial charge is 0.294 e. The number of rotatable bonds is 1. The molecule has 74 valence electrons. The number of carbonyl (C=O) groups is 3. The van der Waals surface area contributed by atoms with Crippen LogP contribution in [-0.2, 0) is 4.79 Å². The van der Waals surface area contributed by atoms with Crippen LogP contribution in [0.15, 0.2) is 35.9 Å². The van der Waals surface area contributed by atoms with Crippen LogP contribution < -0.4 is 0 Å². The molecule has 0 saturated heterocycles. The van der Waals surface area contributed by atoms with E-state index in [1.165, 1.54) is 6.92 Å². The third-order valence-corrected chi connectivity index (χ3v) is 2.34. The van der Waals surface area contributed by atoms with Crippen LogP contribution in [0.25, 0.3) is 0 Å². The molecule has 0 atom stereocenters. The van der Waals surface area contributed by atoms with E-state index in [2.05, 4.69) is 0 Å². The van der Waals surface area contributed by atoms with Crippen LogP contribution in [0, 0.1) is 0 Å². The van der Waals surface area contributed by atoms with Crippen LogP contribution in [0.5, 0.6) is 0 Å². The smallest absolute Gasteiger partial charge is 0.197 e. The molecule has 0 amide bonds. The molecular formula is C12H8O3. The minimum atomic E-state index is -0.372. The summed E-state index contributed by atoms with van der Waals surface area (Å²) >= 11 is 0. The van der Waals surface area contributed by atoms with Gasteiger partial charge in [0.2, 0.25) is 0 Å². The van der Waals surface area contributed by atoms with Gasteiger partial charge in [0.05, 0.1) is 5.57 Å². The molecule has 1 aromatic carbocycles. The van der Waals surface area contributed by atoms with E-state index in [1.54, 1.807) is 24.3 Å². The predicted octanol–water partition coefficient (Wildman–Crippen LogP) is 1.58. The summed E-state index contributed by atoms with van der Waals surface area (Å²) in [7, 11) is 0. The van der Waals surface area contributed by atoms with Crippen molar-refractivity contribution in [3.8, 4) is 0 Å². The lowest BCUT2D eigenvalue weighted by atomic mass is 9.88. The van der Waals surface area contributed by atoms with Crippen LogP contribution in [0.4, 0.5) is 0 Å². The highest BCUT2D eigenvalue weighted by molar-refractivity contribution is 6.34. The summed E-state index contributed by atoms with van der Waals surface area (Å²) < 4.78 is 0. The van der Waals surface area contributed by atoms with Gasteiger partial charge >= 0.3 is 0 Å². The van der Waals surface area contributed by atoms with Crippen LogP contribution in [0.1, 0.15) is 27.6 Å². The van der Waals surface area contributed by atoms with Gasteiger partial charge in [0, 0.05) is 17.2 Å². The molecule has 0 radical (unpaired) electrons. The summed E-state index contributed by atoms with van der Waals surface area (Å²) in [6.45, 7) is 1.28. The Morgan fingerprint density at radius 2 is 1.67 bits per heavy atom. The van der Waals surface area contributed by atoms with E-state index in [1.807, 2.05) is 0 Å². The van der Waals surface area contributed by atoms with E-state index in [9.17, 15) is 14.4 Å². The predicted molar refractivity (Wildman–Crippen MR) is 53.9 cm³/mol. The minimum Gasteiger partial charge on any atom is -0.294 e. The van der Waals surface area contributed by atoms with Crippen molar-refractivity contribution in [2.75, 3.05) is 0 Å². The first-order valence-electron chi connectivity index (χ1n) is 4.52. The second-order valence-corrected chi connectivity index (χ2v) is 3.35. The van der Waals surface area contributed by atoms with Gasteiger partial charge in [-0.2, -0.15) is 0 Å². The van der Waals surface area contributed by atoms with Crippen molar-refractivity contribution in [1.82, 2.24) is 0 Å². The highest BCUT2D eigenvalue weighted by Gasteiger charge is 2.26. The van der Waals surface area contributed by atoms with Gasteiger partial charge in [0.1, 0.15) is 0 Å². The molecule has 3 nitrogen and oxygen atoms in total. The number of Topliss-reactive ketones (excluding diaryl/α,β-unsaturated/α-hetero) is 2. The Labute approximate surface area is 86.4 Å². The average molecular weight is 200 g/mol. The van der Waals surface area contributed by atoms with Crippen molar-refractivity contribution < 1.29 is 14.4 Å². The molecule has 0 heterocycles. The van der Waals surface area contributed by atoms with E-state index < -0.39 is 0 Å². The molecular weight excluding hydrogens is 192 g/mol. The van der Waals surface area contributed by atoms with Gasteiger partial charge in [-0.25, -0.2) is 0 Å². The summed E-state index contributed by atoms with van der Waals surface area (Å²) in [5.74, 6) is -1.02. The summed E-state index contributed by atoms with van der Waals surface area (Å²) in [6, 6.07) is 6.51. The minimum absolute atomic E-state index is 0.0290. The number of hydrogen-bond acceptors (Lipinski definition) is 3. The highest BCUT2D eigenvalue weighted by Crippen LogP contribution is 2.21. The fourth-order valence-corrected chi connectivity index (χ4v) is 1.58. The number of fused-ring (bicyclic) bond motifs is 1. The Morgan fingerprint density at radius 1 is 1.07 bits per heavy atom. The van der Waals surface area contributed by atoms with Gasteiger partial charge in [-0.05, 0) is 6.92 Å². The lowest BCUT2D eigenvalue weighted by molar-refractivity contribution is -0.113. The summed E-state index contributed by atoms with van der Waals surface area (Å²) in [5, 5.41) is 0. The standard InChI is InChI=1S/C12H8O3/c1-7(13)10-6-11(14)8-4-2-3-5-9(8)12(10)15/h2-6H,1H3. The average Bonchev–Trinajstić information content (AvgIpc) is 2.23. The third kappa shape index (κ3) is 1.42. The van der Waals surface area contributed by atoms with Crippen molar-refractivity contribution in [3.63, 3.8) is 0 Å². The fraction of sp³-hybridized carbons (Fsp3) is 0.0833. The summed E-state index contributed by atoms with van der Waals surface area (Å²) in [4.78, 5) is 34.5. The highest BCUT2D eigenvalue weighted by atomic mass is 16.2. The van der Waals surface area contributed by atoms with Crippen LogP contribution in [0.3, 0.4) is 0 Å². The first-order valence-corrected chi connectivity index (χ1v) is 4.52. The molecule has 1 aliphatic rings. The van der Waals surface area contributed by atoms with Crippen LogP contribution >= 0.6 is 0 Å². The second kappa shape index (κ2) is 3.28. The normalized spacial score (nSPS) is 14.6. The van der Waals surface area contributed by atoms with Gasteiger partial charge in [-0.1, -0.05) is 24.3 Å². The van der Waals surface area contributed by atoms with Crippen LogP contribution in [0.2, 0.25) is 0 Å². The van der Waals surface area contributed by atoms with Gasteiger partial charge < -0.3 is 0 Å². The second-order valence-electron chi connectivity index (χ2n) is 3.35. The molecule has 0 spiro atoms. The lowest BCUT2D eigenvalue weighted by Gasteiger charge is -2.12. The monoisotopic (exact) mass is 200 g/mol. The number of carbonyl (C=O) groups excluding carboxylic acids is 3. The Morgan fingerprint density at radius 3 is 2.27 bits per heavy atom. The maximum Gasteiger partial charge on any atom is 0.197 e. The fourth-order valence-electron chi connectivity index (χ4n) is 1.58. The number of ketones is 3. The van der Waals surface area contributed by atoms with Gasteiger partial charge in [0.15, 0.2) is 17.3 Å². The van der Waals surface area contributed by atoms with Crippen LogP contribution in [-0.4, -0.2) is 17.3 Å². The topological polar surface area (TPSA) is 51.2 Å². The molecule has 15 heavy (non-hydrogen) atoms. The lowest BCUT2D eigenvalue weighted by Crippen LogP contribution is -2.20. The van der Waals surface area contributed by atoms with E-state index in [0.717, 1.165) is 6.08 Å². The molecule has 3 heteroatoms. The van der Waals surface area contributed by atoms with Crippen molar-refractivity contribution in [2.45, 2.75) is 6.92 Å². The van der Waals surface area contributed by atoms with Crippen molar-refractivity contribution in [3.05, 3.63) is 47.0 Å². The van der Waals surface area contributed by atoms with Gasteiger partial charge in [-0.15, -0.1) is 0 Å². The van der Waals surface area contributed by atoms with Gasteiger partial charge in [-0.3, -0.25) is 14.4 Å². The van der Waals surface area contributed by atoms with Crippen molar-refractivity contribution >= 4 is 17.3 Å².